The summed E-state index contributed by atoms with van der Waals surface area (Å²) in [6.07, 6.45) is 7.03. The lowest BCUT2D eigenvalue weighted by Crippen LogP contribution is -2.27. The second-order valence-corrected chi connectivity index (χ2v) is 18.4. The van der Waals surface area contributed by atoms with Gasteiger partial charge in [0.25, 0.3) is 0 Å². The lowest BCUT2D eigenvalue weighted by Gasteiger charge is -2.34. The van der Waals surface area contributed by atoms with Gasteiger partial charge < -0.3 is 9.13 Å². The zero-order valence-electron chi connectivity index (χ0n) is 29.1. The van der Waals surface area contributed by atoms with Gasteiger partial charge in [0.15, 0.2) is 0 Å². The first-order valence-electron chi connectivity index (χ1n) is 17.7. The van der Waals surface area contributed by atoms with Crippen molar-refractivity contribution >= 4 is 53.7 Å². The van der Waals surface area contributed by atoms with Gasteiger partial charge in [-0.1, -0.05) is 97.7 Å². The fourth-order valence-corrected chi connectivity index (χ4v) is 9.46. The van der Waals surface area contributed by atoms with E-state index in [0.717, 1.165) is 34.6 Å². The average Bonchev–Trinajstić information content (AvgIpc) is 3.55. The predicted octanol–water partition coefficient (Wildman–Crippen LogP) is 13.1. The van der Waals surface area contributed by atoms with Crippen LogP contribution >= 0.6 is 31.9 Å². The summed E-state index contributed by atoms with van der Waals surface area (Å²) < 4.78 is 7.38. The molecule has 2 heterocycles. The molecule has 0 amide bonds. The summed E-state index contributed by atoms with van der Waals surface area (Å²) >= 11 is 7.53. The summed E-state index contributed by atoms with van der Waals surface area (Å²) in [5.41, 5.74) is 14.3. The van der Waals surface area contributed by atoms with Gasteiger partial charge in [-0.2, -0.15) is 0 Å². The number of nitrogens with zero attached hydrogens (tertiary/aromatic N) is 2. The number of fused-ring (bicyclic) bond motifs is 6. The molecule has 4 heteroatoms. The van der Waals surface area contributed by atoms with Crippen LogP contribution in [-0.2, 0) is 25.7 Å². The minimum absolute atomic E-state index is 0.315. The van der Waals surface area contributed by atoms with Crippen molar-refractivity contribution in [3.8, 4) is 22.5 Å². The van der Waals surface area contributed by atoms with E-state index in [4.69, 9.17) is 0 Å². The second kappa shape index (κ2) is 11.8. The molecule has 0 aliphatic heterocycles. The van der Waals surface area contributed by atoms with Gasteiger partial charge in [0, 0.05) is 42.5 Å². The highest BCUT2D eigenvalue weighted by molar-refractivity contribution is 9.10. The van der Waals surface area contributed by atoms with Gasteiger partial charge in [-0.05, 0) is 144 Å². The van der Waals surface area contributed by atoms with Gasteiger partial charge in [0.1, 0.15) is 0 Å². The van der Waals surface area contributed by atoms with Crippen LogP contribution in [-0.4, -0.2) is 9.13 Å². The standard InChI is InChI=1S/C44H46Br2N2/c1-43(2,3)29-11-19-39-35(23-29)37-25-31(45)13-21-41(37)47(39)33-15-7-27(8-16-33)28-9-17-34(18-10-28)48-40-20-12-30(44(4,5)6)24-36(40)38-26-32(46)14-22-42(38)48/h7-10,13-18,21-22,25-26,29-30H,11-12,19-20,23-24H2,1-6H3. The molecule has 2 aliphatic carbocycles. The second-order valence-electron chi connectivity index (χ2n) is 16.5. The minimum atomic E-state index is 0.315. The van der Waals surface area contributed by atoms with Gasteiger partial charge in [-0.15, -0.1) is 0 Å². The molecule has 2 aromatic heterocycles. The molecule has 2 atom stereocenters. The largest absolute Gasteiger partial charge is 0.313 e. The molecular formula is C44H46Br2N2. The molecule has 0 radical (unpaired) electrons. The highest BCUT2D eigenvalue weighted by atomic mass is 79.9. The zero-order chi connectivity index (χ0) is 33.5. The Kier molecular flexibility index (Phi) is 7.88. The molecule has 0 spiro atoms. The fourth-order valence-electron chi connectivity index (χ4n) is 8.74. The predicted molar refractivity (Wildman–Crippen MR) is 211 cm³/mol. The van der Waals surface area contributed by atoms with Crippen molar-refractivity contribution in [2.45, 2.75) is 80.1 Å². The molecule has 0 bridgehead atoms. The Hall–Kier alpha value is -3.08. The molecular weight excluding hydrogens is 716 g/mol. The molecule has 48 heavy (non-hydrogen) atoms. The smallest absolute Gasteiger partial charge is 0.0535 e. The number of aromatic nitrogens is 2. The van der Waals surface area contributed by atoms with Crippen LogP contribution in [0.5, 0.6) is 0 Å². The number of hydrogen-bond acceptors (Lipinski definition) is 0. The monoisotopic (exact) mass is 760 g/mol. The van der Waals surface area contributed by atoms with Crippen LogP contribution in [0, 0.1) is 22.7 Å². The maximum Gasteiger partial charge on any atom is 0.0535 e. The fraction of sp³-hybridized carbons (Fsp3) is 0.364. The van der Waals surface area contributed by atoms with E-state index >= 15 is 0 Å². The van der Waals surface area contributed by atoms with Crippen LogP contribution in [0.1, 0.15) is 76.9 Å². The maximum atomic E-state index is 3.76. The molecule has 2 unspecified atom stereocenters. The third-order valence-corrected chi connectivity index (χ3v) is 12.7. The third-order valence-electron chi connectivity index (χ3n) is 11.7. The van der Waals surface area contributed by atoms with E-state index < -0.39 is 0 Å². The molecule has 0 N–H and O–H groups in total. The van der Waals surface area contributed by atoms with Gasteiger partial charge in [0.05, 0.1) is 11.0 Å². The molecule has 0 saturated heterocycles. The SMILES string of the molecule is CC(C)(C)C1CCc2c(c3cc(Br)ccc3n2-c2ccc(-c3ccc(-n4c5c(c6cc(Br)ccc64)CC(C(C)(C)C)CC5)cc3)cc2)C1. The minimum Gasteiger partial charge on any atom is -0.313 e. The first-order chi connectivity index (χ1) is 22.9. The number of benzene rings is 4. The Labute approximate surface area is 302 Å². The molecule has 2 nitrogen and oxygen atoms in total. The first kappa shape index (κ1) is 32.1. The molecule has 4 aromatic carbocycles. The van der Waals surface area contributed by atoms with E-state index in [1.165, 1.54) is 79.7 Å². The summed E-state index contributed by atoms with van der Waals surface area (Å²) in [4.78, 5) is 0. The van der Waals surface area contributed by atoms with Crippen molar-refractivity contribution < 1.29 is 0 Å². The van der Waals surface area contributed by atoms with E-state index in [1.807, 2.05) is 0 Å². The molecule has 246 valence electrons. The van der Waals surface area contributed by atoms with Crippen LogP contribution in [0.25, 0.3) is 44.3 Å². The van der Waals surface area contributed by atoms with Gasteiger partial charge in [-0.3, -0.25) is 0 Å². The third kappa shape index (κ3) is 5.52. The Morgan fingerprint density at radius 2 is 0.896 bits per heavy atom. The van der Waals surface area contributed by atoms with Crippen molar-refractivity contribution in [1.29, 1.82) is 0 Å². The van der Waals surface area contributed by atoms with Crippen LogP contribution in [0.15, 0.2) is 93.9 Å². The Morgan fingerprint density at radius 1 is 0.521 bits per heavy atom. The van der Waals surface area contributed by atoms with E-state index in [1.54, 1.807) is 0 Å². The number of rotatable bonds is 3. The van der Waals surface area contributed by atoms with E-state index in [2.05, 4.69) is 167 Å². The lowest BCUT2D eigenvalue weighted by atomic mass is 9.71. The zero-order valence-corrected chi connectivity index (χ0v) is 32.3. The molecule has 2 aliphatic rings. The summed E-state index contributed by atoms with van der Waals surface area (Å²) in [7, 11) is 0. The average molecular weight is 763 g/mol. The van der Waals surface area contributed by atoms with Gasteiger partial charge in [0.2, 0.25) is 0 Å². The quantitative estimate of drug-likeness (QED) is 0.170. The first-order valence-corrected chi connectivity index (χ1v) is 19.3. The van der Waals surface area contributed by atoms with E-state index in [0.29, 0.717) is 22.7 Å². The number of halogens is 2. The van der Waals surface area contributed by atoms with Crippen LogP contribution < -0.4 is 0 Å². The molecule has 0 saturated carbocycles. The van der Waals surface area contributed by atoms with Crippen LogP contribution in [0.3, 0.4) is 0 Å². The summed E-state index contributed by atoms with van der Waals surface area (Å²) in [5.74, 6) is 1.40. The molecule has 0 fully saturated rings. The van der Waals surface area contributed by atoms with Crippen molar-refractivity contribution in [2.75, 3.05) is 0 Å². The summed E-state index contributed by atoms with van der Waals surface area (Å²) in [6, 6.07) is 32.1. The topological polar surface area (TPSA) is 9.86 Å². The summed E-state index contributed by atoms with van der Waals surface area (Å²) in [5, 5.41) is 2.79. The van der Waals surface area contributed by atoms with Gasteiger partial charge >= 0.3 is 0 Å². The maximum absolute atomic E-state index is 3.76. The van der Waals surface area contributed by atoms with Crippen LogP contribution in [0.2, 0.25) is 0 Å². The van der Waals surface area contributed by atoms with Crippen molar-refractivity contribution in [3.05, 3.63) is 116 Å². The van der Waals surface area contributed by atoms with Gasteiger partial charge in [-0.25, -0.2) is 0 Å². The van der Waals surface area contributed by atoms with Crippen molar-refractivity contribution in [1.82, 2.24) is 9.13 Å². The Balaban J connectivity index is 1.13. The van der Waals surface area contributed by atoms with E-state index in [9.17, 15) is 0 Å². The highest BCUT2D eigenvalue weighted by Crippen LogP contribution is 2.44. The number of hydrogen-bond donors (Lipinski definition) is 0. The highest BCUT2D eigenvalue weighted by Gasteiger charge is 2.34. The lowest BCUT2D eigenvalue weighted by molar-refractivity contribution is 0.215. The van der Waals surface area contributed by atoms with E-state index in [-0.39, 0.29) is 0 Å². The van der Waals surface area contributed by atoms with Crippen molar-refractivity contribution in [2.24, 2.45) is 22.7 Å². The summed E-state index contributed by atoms with van der Waals surface area (Å²) in [6.45, 7) is 14.4. The van der Waals surface area contributed by atoms with Crippen molar-refractivity contribution in [3.63, 3.8) is 0 Å². The molecule has 8 rings (SSSR count). The Bertz CT molecular complexity index is 2010. The van der Waals surface area contributed by atoms with Crippen LogP contribution in [0.4, 0.5) is 0 Å². The normalized spacial score (nSPS) is 18.3. The Morgan fingerprint density at radius 3 is 1.25 bits per heavy atom. The molecule has 6 aromatic rings.